The molecule has 0 bridgehead atoms. The molecule has 0 amide bonds. The maximum Gasteiger partial charge on any atom is 0.109 e. The molecule has 16 heteroatoms. The molecule has 0 aromatic carbocycles. The van der Waals surface area contributed by atoms with Crippen molar-refractivity contribution in [2.24, 2.45) is 56.4 Å². The van der Waals surface area contributed by atoms with Crippen LogP contribution in [0.15, 0.2) is 171 Å². The van der Waals surface area contributed by atoms with Crippen LogP contribution >= 0.6 is 0 Å². The topological polar surface area (TPSA) is 154 Å². The summed E-state index contributed by atoms with van der Waals surface area (Å²) >= 11 is 0. The van der Waals surface area contributed by atoms with Gasteiger partial charge >= 0.3 is 0 Å². The fraction of sp³-hybridized carbons (Fsp3) is 0.154. The lowest BCUT2D eigenvalue weighted by Crippen LogP contribution is -1.88. The molecule has 68 heavy (non-hydrogen) atoms. The van der Waals surface area contributed by atoms with Gasteiger partial charge in [-0.15, -0.1) is 0 Å². The van der Waals surface area contributed by atoms with Gasteiger partial charge in [-0.25, -0.2) is 0 Å². The first-order chi connectivity index (χ1) is 33.0. The standard InChI is InChI=1S/4C13H14N4/c4*1-16-7-3-5-12(16)10-9-11(15-14-10)13-6-4-8-17(13)2/h4*3-9H,1-2H3,(H,14,15). The Labute approximate surface area is 394 Å². The molecule has 12 heterocycles. The van der Waals surface area contributed by atoms with E-state index in [2.05, 4.69) is 150 Å². The van der Waals surface area contributed by atoms with Crippen molar-refractivity contribution in [3.63, 3.8) is 0 Å². The predicted molar refractivity (Wildman–Crippen MR) is 270 cm³/mol. The van der Waals surface area contributed by atoms with Crippen molar-refractivity contribution in [1.82, 2.24) is 77.3 Å². The first kappa shape index (κ1) is 44.3. The first-order valence-electron chi connectivity index (χ1n) is 22.2. The fourth-order valence-electron chi connectivity index (χ4n) is 8.21. The van der Waals surface area contributed by atoms with Gasteiger partial charge in [0.1, 0.15) is 22.8 Å². The van der Waals surface area contributed by atoms with E-state index in [1.165, 1.54) is 0 Å². The maximum absolute atomic E-state index is 4.36. The van der Waals surface area contributed by atoms with Crippen LogP contribution in [0.25, 0.3) is 91.1 Å². The van der Waals surface area contributed by atoms with Crippen LogP contribution in [0.5, 0.6) is 0 Å². The van der Waals surface area contributed by atoms with E-state index in [0.717, 1.165) is 91.1 Å². The van der Waals surface area contributed by atoms with Crippen molar-refractivity contribution in [2.75, 3.05) is 0 Å². The number of aromatic nitrogens is 16. The zero-order valence-corrected chi connectivity index (χ0v) is 39.5. The van der Waals surface area contributed by atoms with Gasteiger partial charge in [-0.2, -0.15) is 20.4 Å². The van der Waals surface area contributed by atoms with E-state index in [-0.39, 0.29) is 0 Å². The smallest absolute Gasteiger partial charge is 0.109 e. The molecule has 0 atom stereocenters. The molecule has 0 saturated heterocycles. The number of nitrogens with one attached hydrogen (secondary N) is 4. The number of rotatable bonds is 8. The summed E-state index contributed by atoms with van der Waals surface area (Å²) in [5, 5.41) is 29.8. The van der Waals surface area contributed by atoms with Crippen molar-refractivity contribution < 1.29 is 0 Å². The minimum atomic E-state index is 0.966. The molecule has 12 aromatic heterocycles. The van der Waals surface area contributed by atoms with Crippen molar-refractivity contribution in [3.05, 3.63) is 171 Å². The van der Waals surface area contributed by atoms with Gasteiger partial charge < -0.3 is 36.5 Å². The predicted octanol–water partition coefficient (Wildman–Crippen LogP) is 9.68. The largest absolute Gasteiger partial charge is 0.349 e. The highest BCUT2D eigenvalue weighted by Gasteiger charge is 2.13. The highest BCUT2D eigenvalue weighted by molar-refractivity contribution is 5.68. The van der Waals surface area contributed by atoms with Crippen LogP contribution in [0.1, 0.15) is 0 Å². The van der Waals surface area contributed by atoms with Gasteiger partial charge in [0.25, 0.3) is 0 Å². The van der Waals surface area contributed by atoms with Crippen LogP contribution in [0.2, 0.25) is 0 Å². The summed E-state index contributed by atoms with van der Waals surface area (Å²) in [7, 11) is 16.2. The number of aryl methyl sites for hydroxylation is 8. The molecule has 12 rings (SSSR count). The van der Waals surface area contributed by atoms with Gasteiger partial charge in [0.15, 0.2) is 0 Å². The zero-order chi connectivity index (χ0) is 47.3. The van der Waals surface area contributed by atoms with Crippen LogP contribution < -0.4 is 0 Å². The maximum atomic E-state index is 4.36. The van der Waals surface area contributed by atoms with E-state index < -0.39 is 0 Å². The Bertz CT molecular complexity index is 2810. The molecule has 0 aliphatic carbocycles. The molecular formula is C52H56N16. The summed E-state index contributed by atoms with van der Waals surface area (Å²) in [5.74, 6) is 0. The monoisotopic (exact) mass is 904 g/mol. The second kappa shape index (κ2) is 19.3. The Hall–Kier alpha value is -8.92. The Morgan fingerprint density at radius 1 is 0.250 bits per heavy atom. The fourth-order valence-corrected chi connectivity index (χ4v) is 8.21. The minimum absolute atomic E-state index is 0.966. The van der Waals surface area contributed by atoms with Gasteiger partial charge in [-0.3, -0.25) is 20.4 Å². The number of hydrogen-bond acceptors (Lipinski definition) is 4. The first-order valence-corrected chi connectivity index (χ1v) is 22.2. The van der Waals surface area contributed by atoms with Gasteiger partial charge in [0, 0.05) is 106 Å². The molecule has 0 fully saturated rings. The van der Waals surface area contributed by atoms with E-state index in [4.69, 9.17) is 0 Å². The molecule has 0 spiro atoms. The average Bonchev–Trinajstić information content (AvgIpc) is 4.12. The lowest BCUT2D eigenvalue weighted by molar-refractivity contribution is 0.921. The molecule has 12 aromatic rings. The highest BCUT2D eigenvalue weighted by Crippen LogP contribution is 2.27. The molecule has 344 valence electrons. The number of hydrogen-bond donors (Lipinski definition) is 4. The van der Waals surface area contributed by atoms with E-state index in [1.54, 1.807) is 0 Å². The number of H-pyrrole nitrogens is 4. The van der Waals surface area contributed by atoms with Crippen LogP contribution in [-0.4, -0.2) is 77.3 Å². The summed E-state index contributed by atoms with van der Waals surface area (Å²) in [6.07, 6.45) is 16.2. The molecule has 0 unspecified atom stereocenters. The number of nitrogens with zero attached hydrogens (tertiary/aromatic N) is 12. The Balaban J connectivity index is 0.000000113. The summed E-state index contributed by atoms with van der Waals surface area (Å²) in [6, 6.07) is 41.0. The van der Waals surface area contributed by atoms with Gasteiger partial charge in [0.05, 0.1) is 68.3 Å². The molecule has 0 saturated carbocycles. The summed E-state index contributed by atoms with van der Waals surface area (Å²) in [6.45, 7) is 0. The van der Waals surface area contributed by atoms with E-state index in [9.17, 15) is 0 Å². The van der Waals surface area contributed by atoms with Crippen LogP contribution in [0.4, 0.5) is 0 Å². The van der Waals surface area contributed by atoms with E-state index >= 15 is 0 Å². The molecule has 0 radical (unpaired) electrons. The van der Waals surface area contributed by atoms with Gasteiger partial charge in [-0.1, -0.05) is 0 Å². The van der Waals surface area contributed by atoms with Gasteiger partial charge in [0.2, 0.25) is 0 Å². The lowest BCUT2D eigenvalue weighted by atomic mass is 10.2. The third kappa shape index (κ3) is 9.28. The molecule has 0 aliphatic rings. The molecule has 0 aliphatic heterocycles. The highest BCUT2D eigenvalue weighted by atomic mass is 15.2. The van der Waals surface area contributed by atoms with E-state index in [1.807, 2.05) is 154 Å². The van der Waals surface area contributed by atoms with Gasteiger partial charge in [-0.05, 0) is 121 Å². The number of aromatic amines is 4. The van der Waals surface area contributed by atoms with E-state index in [0.29, 0.717) is 0 Å². The van der Waals surface area contributed by atoms with Crippen molar-refractivity contribution in [3.8, 4) is 91.1 Å². The average molecular weight is 905 g/mol. The molecule has 4 N–H and O–H groups in total. The van der Waals surface area contributed by atoms with Crippen molar-refractivity contribution in [2.45, 2.75) is 0 Å². The quantitative estimate of drug-likeness (QED) is 0.120. The normalized spacial score (nSPS) is 10.9. The van der Waals surface area contributed by atoms with Crippen LogP contribution in [0.3, 0.4) is 0 Å². The minimum Gasteiger partial charge on any atom is -0.349 e. The second-order valence-corrected chi connectivity index (χ2v) is 16.7. The Morgan fingerprint density at radius 2 is 0.412 bits per heavy atom. The Morgan fingerprint density at radius 3 is 0.559 bits per heavy atom. The lowest BCUT2D eigenvalue weighted by Gasteiger charge is -1.98. The third-order valence-electron chi connectivity index (χ3n) is 12.0. The summed E-state index contributed by atoms with van der Waals surface area (Å²) in [4.78, 5) is 0. The van der Waals surface area contributed by atoms with Crippen molar-refractivity contribution in [1.29, 1.82) is 0 Å². The molecule has 16 nitrogen and oxygen atoms in total. The Kier molecular flexibility index (Phi) is 12.6. The van der Waals surface area contributed by atoms with Crippen LogP contribution in [-0.2, 0) is 56.4 Å². The third-order valence-corrected chi connectivity index (χ3v) is 12.0. The van der Waals surface area contributed by atoms with Crippen molar-refractivity contribution >= 4 is 0 Å². The summed E-state index contributed by atoms with van der Waals surface area (Å²) < 4.78 is 16.5. The second-order valence-electron chi connectivity index (χ2n) is 16.7. The summed E-state index contributed by atoms with van der Waals surface area (Å²) in [5.41, 5.74) is 17.0. The zero-order valence-electron chi connectivity index (χ0n) is 39.5. The molecular weight excluding hydrogens is 849 g/mol. The van der Waals surface area contributed by atoms with Crippen LogP contribution in [0, 0.1) is 0 Å². The SMILES string of the molecule is Cn1cccc1-c1cc(-c2cccn2C)[nH]n1.Cn1cccc1-c1cc(-c2cccn2C)[nH]n1.Cn1cccc1-c1cc(-c2cccn2C)[nH]n1.Cn1cccc1-c1cc(-c2cccn2C)[nH]n1.